The van der Waals surface area contributed by atoms with Gasteiger partial charge in [-0.3, -0.25) is 4.79 Å². The number of hydrogen-bond donors (Lipinski definition) is 2. The van der Waals surface area contributed by atoms with Crippen LogP contribution in [0.1, 0.15) is 24.6 Å². The predicted octanol–water partition coefficient (Wildman–Crippen LogP) is 4.93. The molecule has 0 saturated carbocycles. The molecule has 3 aromatic heterocycles. The highest BCUT2D eigenvalue weighted by Gasteiger charge is 2.32. The van der Waals surface area contributed by atoms with Crippen molar-refractivity contribution in [2.75, 3.05) is 18.8 Å². The van der Waals surface area contributed by atoms with Crippen molar-refractivity contribution in [2.45, 2.75) is 37.1 Å². The van der Waals surface area contributed by atoms with Crippen LogP contribution in [0.2, 0.25) is 0 Å². The van der Waals surface area contributed by atoms with Crippen LogP contribution in [0, 0.1) is 5.92 Å². The SMILES string of the molecule is CC1CCN(C(=O)C(Cc2cc3c(N)nccc3s2)NS(=O)(=O)c2ccc3oc4ccccc4c3c2)CC1. The summed E-state index contributed by atoms with van der Waals surface area (Å²) in [6.07, 6.45) is 3.68. The number of likely N-dealkylation sites (tertiary alicyclic amines) is 1. The maximum absolute atomic E-state index is 13.7. The van der Waals surface area contributed by atoms with Crippen molar-refractivity contribution < 1.29 is 17.6 Å². The zero-order valence-electron chi connectivity index (χ0n) is 20.9. The molecule has 1 unspecified atom stereocenters. The number of benzene rings is 2. The number of piperidine rings is 1. The van der Waals surface area contributed by atoms with Gasteiger partial charge in [0.2, 0.25) is 15.9 Å². The van der Waals surface area contributed by atoms with E-state index < -0.39 is 16.1 Å². The van der Waals surface area contributed by atoms with Crippen LogP contribution < -0.4 is 10.5 Å². The molecule has 5 aromatic rings. The number of nitrogens with two attached hydrogens (primary N) is 1. The van der Waals surface area contributed by atoms with Crippen LogP contribution in [0.15, 0.2) is 70.1 Å². The number of sulfonamides is 1. The van der Waals surface area contributed by atoms with Crippen LogP contribution in [-0.2, 0) is 21.2 Å². The highest BCUT2D eigenvalue weighted by Crippen LogP contribution is 2.32. The number of nitrogens with zero attached hydrogens (tertiary/aromatic N) is 2. The van der Waals surface area contributed by atoms with Crippen LogP contribution in [-0.4, -0.2) is 43.3 Å². The number of carbonyl (C=O) groups excluding carboxylic acids is 1. The standard InChI is InChI=1S/C28H28N4O4S2/c1-17-9-12-32(13-10-17)28(33)23(15-18-14-22-26(37-18)8-11-30-27(22)29)31-38(34,35)19-6-7-25-21(16-19)20-4-2-3-5-24(20)36-25/h2-8,11,14,16-17,23,31H,9-10,12-13,15H2,1H3,(H2,29,30). The number of furan rings is 1. The Hall–Kier alpha value is -3.47. The maximum Gasteiger partial charge on any atom is 0.241 e. The van der Waals surface area contributed by atoms with Crippen molar-refractivity contribution in [3.63, 3.8) is 0 Å². The van der Waals surface area contributed by atoms with E-state index in [1.807, 2.05) is 36.4 Å². The zero-order chi connectivity index (χ0) is 26.4. The van der Waals surface area contributed by atoms with Crippen molar-refractivity contribution in [2.24, 2.45) is 5.92 Å². The van der Waals surface area contributed by atoms with Gasteiger partial charge in [0.1, 0.15) is 23.0 Å². The number of nitrogen functional groups attached to an aromatic ring is 1. The number of aromatic nitrogens is 1. The number of nitrogens with one attached hydrogen (secondary N) is 1. The lowest BCUT2D eigenvalue weighted by molar-refractivity contribution is -0.134. The van der Waals surface area contributed by atoms with Gasteiger partial charge in [-0.15, -0.1) is 11.3 Å². The first-order chi connectivity index (χ1) is 18.3. The molecule has 0 bridgehead atoms. The molecule has 1 aliphatic rings. The number of pyridine rings is 1. The lowest BCUT2D eigenvalue weighted by atomic mass is 9.98. The minimum Gasteiger partial charge on any atom is -0.456 e. The van der Waals surface area contributed by atoms with Gasteiger partial charge in [0, 0.05) is 51.4 Å². The Kier molecular flexibility index (Phi) is 6.33. The molecule has 1 atom stereocenters. The monoisotopic (exact) mass is 548 g/mol. The number of hydrogen-bond acceptors (Lipinski definition) is 7. The Morgan fingerprint density at radius 2 is 1.87 bits per heavy atom. The Morgan fingerprint density at radius 3 is 2.66 bits per heavy atom. The van der Waals surface area contributed by atoms with Gasteiger partial charge in [-0.1, -0.05) is 25.1 Å². The van der Waals surface area contributed by atoms with E-state index in [0.29, 0.717) is 41.4 Å². The highest BCUT2D eigenvalue weighted by molar-refractivity contribution is 7.89. The Morgan fingerprint density at radius 1 is 1.11 bits per heavy atom. The van der Waals surface area contributed by atoms with Crippen molar-refractivity contribution >= 4 is 65.1 Å². The number of fused-ring (bicyclic) bond motifs is 4. The van der Waals surface area contributed by atoms with Crippen LogP contribution in [0.4, 0.5) is 5.82 Å². The van der Waals surface area contributed by atoms with Crippen molar-refractivity contribution in [1.29, 1.82) is 0 Å². The molecule has 1 fully saturated rings. The third-order valence-electron chi connectivity index (χ3n) is 7.28. The van der Waals surface area contributed by atoms with Crippen molar-refractivity contribution in [3.8, 4) is 0 Å². The van der Waals surface area contributed by atoms with Crippen LogP contribution in [0.5, 0.6) is 0 Å². The fourth-order valence-corrected chi connectivity index (χ4v) is 7.42. The fraction of sp³-hybridized carbons (Fsp3) is 0.286. The zero-order valence-corrected chi connectivity index (χ0v) is 22.5. The molecule has 1 aliphatic heterocycles. The Balaban J connectivity index is 1.34. The van der Waals surface area contributed by atoms with E-state index >= 15 is 0 Å². The maximum atomic E-state index is 13.7. The molecule has 8 nitrogen and oxygen atoms in total. The molecule has 6 rings (SSSR count). The molecule has 0 aliphatic carbocycles. The number of carbonyl (C=O) groups is 1. The van der Waals surface area contributed by atoms with Crippen LogP contribution in [0.25, 0.3) is 32.0 Å². The summed E-state index contributed by atoms with van der Waals surface area (Å²) in [5, 5.41) is 2.36. The summed E-state index contributed by atoms with van der Waals surface area (Å²) in [6, 6.07) is 15.1. The number of para-hydroxylation sites is 1. The largest absolute Gasteiger partial charge is 0.456 e. The predicted molar refractivity (Wildman–Crippen MR) is 151 cm³/mol. The normalized spacial score (nSPS) is 16.0. The molecule has 0 spiro atoms. The molecule has 4 heterocycles. The summed E-state index contributed by atoms with van der Waals surface area (Å²) in [6.45, 7) is 3.41. The van der Waals surface area contributed by atoms with Crippen molar-refractivity contribution in [1.82, 2.24) is 14.6 Å². The lowest BCUT2D eigenvalue weighted by Gasteiger charge is -2.33. The van der Waals surface area contributed by atoms with E-state index in [9.17, 15) is 13.2 Å². The molecule has 0 radical (unpaired) electrons. The molecule has 2 aromatic carbocycles. The summed E-state index contributed by atoms with van der Waals surface area (Å²) in [5.74, 6) is 0.752. The summed E-state index contributed by atoms with van der Waals surface area (Å²) < 4.78 is 36.9. The Labute approximate surface area is 224 Å². The highest BCUT2D eigenvalue weighted by atomic mass is 32.2. The number of thiophene rings is 1. The van der Waals surface area contributed by atoms with E-state index in [0.717, 1.165) is 33.2 Å². The van der Waals surface area contributed by atoms with Gasteiger partial charge in [-0.25, -0.2) is 13.4 Å². The Bertz CT molecular complexity index is 1770. The molecule has 1 saturated heterocycles. The van der Waals surface area contributed by atoms with Crippen LogP contribution >= 0.6 is 11.3 Å². The quantitative estimate of drug-likeness (QED) is 0.311. The third-order valence-corrected chi connectivity index (χ3v) is 9.87. The van der Waals surface area contributed by atoms with Gasteiger partial charge in [0.25, 0.3) is 0 Å². The van der Waals surface area contributed by atoms with Crippen LogP contribution in [0.3, 0.4) is 0 Å². The summed E-state index contributed by atoms with van der Waals surface area (Å²) >= 11 is 1.49. The second-order valence-corrected chi connectivity index (χ2v) is 12.8. The summed E-state index contributed by atoms with van der Waals surface area (Å²) in [5.41, 5.74) is 7.34. The first kappa shape index (κ1) is 24.8. The number of anilines is 1. The molecular formula is C28H28N4O4S2. The van der Waals surface area contributed by atoms with Crippen molar-refractivity contribution in [3.05, 3.63) is 65.7 Å². The summed E-state index contributed by atoms with van der Waals surface area (Å²) in [7, 11) is -4.02. The van der Waals surface area contributed by atoms with E-state index in [1.54, 1.807) is 23.2 Å². The minimum atomic E-state index is -4.02. The molecule has 196 valence electrons. The first-order valence-electron chi connectivity index (χ1n) is 12.6. The second-order valence-electron chi connectivity index (χ2n) is 9.96. The molecular weight excluding hydrogens is 520 g/mol. The summed E-state index contributed by atoms with van der Waals surface area (Å²) in [4.78, 5) is 20.6. The lowest BCUT2D eigenvalue weighted by Crippen LogP contribution is -2.51. The first-order valence-corrected chi connectivity index (χ1v) is 14.9. The molecule has 1 amide bonds. The van der Waals surface area contributed by atoms with Gasteiger partial charge in [0.05, 0.1) is 4.90 Å². The van der Waals surface area contributed by atoms with Gasteiger partial charge < -0.3 is 15.1 Å². The van der Waals surface area contributed by atoms with Gasteiger partial charge in [0.15, 0.2) is 0 Å². The minimum absolute atomic E-state index is 0.0893. The number of amides is 1. The topological polar surface area (TPSA) is 119 Å². The fourth-order valence-electron chi connectivity index (χ4n) is 5.09. The van der Waals surface area contributed by atoms with Gasteiger partial charge in [-0.05, 0) is 55.2 Å². The second kappa shape index (κ2) is 9.68. The van der Waals surface area contributed by atoms with E-state index in [2.05, 4.69) is 16.6 Å². The average Bonchev–Trinajstić information content (AvgIpc) is 3.49. The molecule has 10 heteroatoms. The van der Waals surface area contributed by atoms with E-state index in [4.69, 9.17) is 10.2 Å². The molecule has 3 N–H and O–H groups in total. The molecule has 38 heavy (non-hydrogen) atoms. The van der Waals surface area contributed by atoms with E-state index in [1.165, 1.54) is 17.4 Å². The third kappa shape index (κ3) is 4.63. The van der Waals surface area contributed by atoms with Gasteiger partial charge >= 0.3 is 0 Å². The van der Waals surface area contributed by atoms with E-state index in [-0.39, 0.29) is 17.2 Å². The smallest absolute Gasteiger partial charge is 0.241 e. The average molecular weight is 549 g/mol. The van der Waals surface area contributed by atoms with Gasteiger partial charge in [-0.2, -0.15) is 4.72 Å². The number of rotatable bonds is 6.